The number of fused-ring (bicyclic) bond motifs is 1. The third kappa shape index (κ3) is 9.68. The fourth-order valence-corrected chi connectivity index (χ4v) is 6.83. The third-order valence-corrected chi connectivity index (χ3v) is 9.85. The molecule has 9 nitrogen and oxygen atoms in total. The summed E-state index contributed by atoms with van der Waals surface area (Å²) in [5.74, 6) is -0.612. The molecule has 0 aliphatic carbocycles. The summed E-state index contributed by atoms with van der Waals surface area (Å²) in [7, 11) is 4.58. The van der Waals surface area contributed by atoms with E-state index in [1.54, 1.807) is 35.8 Å². The number of carbonyl (C=O) groups excluding carboxylic acids is 1. The first kappa shape index (κ1) is 38.7. The number of hydrogen-bond acceptors (Lipinski definition) is 6. The molecule has 2 heterocycles. The van der Waals surface area contributed by atoms with Gasteiger partial charge in [-0.05, 0) is 71.3 Å². The van der Waals surface area contributed by atoms with Gasteiger partial charge in [0.25, 0.3) is 5.91 Å². The molecule has 1 saturated heterocycles. The molecule has 0 N–H and O–H groups in total. The number of pyridine rings is 1. The van der Waals surface area contributed by atoms with Crippen LogP contribution in [0.1, 0.15) is 63.2 Å². The first-order valence-electron chi connectivity index (χ1n) is 18.6. The highest BCUT2D eigenvalue weighted by Crippen LogP contribution is 2.30. The van der Waals surface area contributed by atoms with Crippen molar-refractivity contribution in [2.45, 2.75) is 52.9 Å². The van der Waals surface area contributed by atoms with Crippen LogP contribution >= 0.6 is 0 Å². The number of benzene rings is 3. The molecule has 1 aliphatic heterocycles. The van der Waals surface area contributed by atoms with Crippen molar-refractivity contribution in [1.82, 2.24) is 9.47 Å². The van der Waals surface area contributed by atoms with Crippen LogP contribution in [0.2, 0.25) is 0 Å². The molecule has 0 unspecified atom stereocenters. The smallest absolute Gasteiger partial charge is 0.263 e. The molecule has 0 bridgehead atoms. The van der Waals surface area contributed by atoms with Crippen molar-refractivity contribution in [3.8, 4) is 22.9 Å². The fourth-order valence-electron chi connectivity index (χ4n) is 6.83. The summed E-state index contributed by atoms with van der Waals surface area (Å²) in [5, 5.41) is 0.288. The molecule has 1 aliphatic rings. The molecule has 1 amide bonds. The molecule has 0 saturated carbocycles. The molecule has 0 atom stereocenters. The minimum atomic E-state index is -0.822. The van der Waals surface area contributed by atoms with Gasteiger partial charge in [-0.15, -0.1) is 0 Å². The third-order valence-electron chi connectivity index (χ3n) is 9.85. The Morgan fingerprint density at radius 2 is 1.44 bits per heavy atom. The Hall–Kier alpha value is -4.48. The Kier molecular flexibility index (Phi) is 13.3. The normalized spacial score (nSPS) is 14.4. The largest absolute Gasteiger partial charge is 0.494 e. The van der Waals surface area contributed by atoms with Crippen LogP contribution in [0.3, 0.4) is 0 Å². The van der Waals surface area contributed by atoms with Crippen LogP contribution in [0.5, 0.6) is 17.2 Å². The number of quaternary nitrogens is 1. The number of ether oxygens (including phenoxy) is 3. The highest BCUT2D eigenvalue weighted by Gasteiger charge is 2.26. The maximum atomic E-state index is 14.2. The lowest BCUT2D eigenvalue weighted by molar-refractivity contribution is -0.913. The second-order valence-electron chi connectivity index (χ2n) is 13.8. The van der Waals surface area contributed by atoms with Crippen LogP contribution in [-0.4, -0.2) is 93.0 Å². The monoisotopic (exact) mass is 719 g/mol. The van der Waals surface area contributed by atoms with E-state index in [2.05, 4.69) is 19.0 Å². The van der Waals surface area contributed by atoms with Gasteiger partial charge in [0, 0.05) is 67.2 Å². The second kappa shape index (κ2) is 17.8. The van der Waals surface area contributed by atoms with Crippen LogP contribution < -0.4 is 24.5 Å². The van der Waals surface area contributed by atoms with Gasteiger partial charge in [-0.1, -0.05) is 12.8 Å². The van der Waals surface area contributed by atoms with E-state index in [-0.39, 0.29) is 23.2 Å². The van der Waals surface area contributed by atoms with Gasteiger partial charge in [-0.3, -0.25) is 14.5 Å². The molecular weight excluding hydrogens is 666 g/mol. The number of carbonyl (C=O) groups is 1. The molecule has 0 radical (unpaired) electrons. The van der Waals surface area contributed by atoms with Crippen molar-refractivity contribution in [3.63, 3.8) is 0 Å². The zero-order chi connectivity index (χ0) is 37.3. The van der Waals surface area contributed by atoms with Gasteiger partial charge in [-0.25, -0.2) is 8.78 Å². The first-order valence-corrected chi connectivity index (χ1v) is 18.6. The number of amides is 1. The summed E-state index contributed by atoms with van der Waals surface area (Å²) >= 11 is 0. The highest BCUT2D eigenvalue weighted by molar-refractivity contribution is 6.07. The van der Waals surface area contributed by atoms with E-state index in [1.165, 1.54) is 61.1 Å². The fraction of sp³-hybridized carbons (Fsp3) is 0.463. The minimum absolute atomic E-state index is 0.0162. The minimum Gasteiger partial charge on any atom is -0.494 e. The first-order chi connectivity index (χ1) is 25.0. The molecule has 3 aromatic carbocycles. The number of unbranched alkanes of at least 4 members (excludes halogenated alkanes) is 4. The molecule has 11 heteroatoms. The van der Waals surface area contributed by atoms with E-state index >= 15 is 0 Å². The maximum Gasteiger partial charge on any atom is 0.263 e. The predicted octanol–water partition coefficient (Wildman–Crippen LogP) is 7.45. The number of nitrogens with zero attached hydrogens (tertiary/aromatic N) is 4. The molecular formula is C41H53F2N4O5+. The number of aromatic nitrogens is 1. The van der Waals surface area contributed by atoms with Gasteiger partial charge in [0.2, 0.25) is 5.43 Å². The standard InChI is InChI=1S/C41H53F2N4O5/c1-6-45(32-23-30(42)22-31(43)24-32)41(49)38-29-46(33-25-35(50-7-2)27-36(26-33)51-8-3)39-28-34(14-15-37(39)40(38)48)52-21-13-11-9-10-12-18-47(5)19-16-44(4)17-20-47/h14-15,22-29H,6-13,16-21H2,1-5H3/q+1. The Labute approximate surface area is 305 Å². The lowest BCUT2D eigenvalue weighted by Crippen LogP contribution is -2.56. The Balaban J connectivity index is 1.39. The summed E-state index contributed by atoms with van der Waals surface area (Å²) in [6.45, 7) is 12.9. The predicted molar refractivity (Wildman–Crippen MR) is 202 cm³/mol. The summed E-state index contributed by atoms with van der Waals surface area (Å²) in [5.41, 5.74) is 0.476. The SMILES string of the molecule is CCOc1cc(OCC)cc(-n2cc(C(=O)N(CC)c3cc(F)cc(F)c3)c(=O)c3ccc(OCCCCCCC[N+]4(C)CCN(C)CC4)cc32)c1. The molecule has 52 heavy (non-hydrogen) atoms. The lowest BCUT2D eigenvalue weighted by atomic mass is 10.1. The van der Waals surface area contributed by atoms with Gasteiger partial charge in [0.05, 0.1) is 57.7 Å². The van der Waals surface area contributed by atoms with Gasteiger partial charge in [0.15, 0.2) is 0 Å². The van der Waals surface area contributed by atoms with Crippen molar-refractivity contribution >= 4 is 22.5 Å². The van der Waals surface area contributed by atoms with Crippen LogP contribution in [0.4, 0.5) is 14.5 Å². The molecule has 1 fully saturated rings. The van der Waals surface area contributed by atoms with Crippen LogP contribution in [0, 0.1) is 11.6 Å². The molecule has 5 rings (SSSR count). The van der Waals surface area contributed by atoms with E-state index in [1.807, 2.05) is 26.0 Å². The van der Waals surface area contributed by atoms with E-state index in [4.69, 9.17) is 14.2 Å². The quantitative estimate of drug-likeness (QED) is 0.0834. The number of halogens is 2. The molecule has 280 valence electrons. The van der Waals surface area contributed by atoms with Crippen LogP contribution in [0.25, 0.3) is 16.6 Å². The van der Waals surface area contributed by atoms with Crippen LogP contribution in [-0.2, 0) is 0 Å². The topological polar surface area (TPSA) is 73.2 Å². The van der Waals surface area contributed by atoms with Crippen molar-refractivity contribution in [2.24, 2.45) is 0 Å². The van der Waals surface area contributed by atoms with E-state index in [9.17, 15) is 18.4 Å². The summed E-state index contributed by atoms with van der Waals surface area (Å²) in [6.07, 6.45) is 7.06. The van der Waals surface area contributed by atoms with E-state index in [0.717, 1.165) is 37.5 Å². The Bertz CT molecular complexity index is 1850. The Morgan fingerprint density at radius 3 is 2.08 bits per heavy atom. The van der Waals surface area contributed by atoms with E-state index in [0.29, 0.717) is 48.3 Å². The second-order valence-corrected chi connectivity index (χ2v) is 13.8. The molecule has 0 spiro atoms. The Morgan fingerprint density at radius 1 is 0.808 bits per heavy atom. The van der Waals surface area contributed by atoms with Gasteiger partial charge >= 0.3 is 0 Å². The number of anilines is 1. The average Bonchev–Trinajstić information content (AvgIpc) is 3.11. The highest BCUT2D eigenvalue weighted by atomic mass is 19.1. The number of piperazine rings is 1. The van der Waals surface area contributed by atoms with Crippen molar-refractivity contribution in [3.05, 3.63) is 88.2 Å². The zero-order valence-electron chi connectivity index (χ0n) is 31.3. The van der Waals surface area contributed by atoms with Crippen molar-refractivity contribution in [1.29, 1.82) is 0 Å². The zero-order valence-corrected chi connectivity index (χ0v) is 31.3. The summed E-state index contributed by atoms with van der Waals surface area (Å²) in [6, 6.07) is 13.5. The van der Waals surface area contributed by atoms with Gasteiger partial charge in [0.1, 0.15) is 34.4 Å². The maximum absolute atomic E-state index is 14.2. The number of hydrogen-bond donors (Lipinski definition) is 0. The van der Waals surface area contributed by atoms with E-state index < -0.39 is 23.0 Å². The number of rotatable bonds is 17. The van der Waals surface area contributed by atoms with Gasteiger partial charge in [-0.2, -0.15) is 0 Å². The van der Waals surface area contributed by atoms with Gasteiger partial charge < -0.3 is 28.2 Å². The number of likely N-dealkylation sites (N-methyl/N-ethyl adjacent to an activating group) is 2. The van der Waals surface area contributed by atoms with Crippen molar-refractivity contribution in [2.75, 3.05) is 78.1 Å². The average molecular weight is 720 g/mol. The summed E-state index contributed by atoms with van der Waals surface area (Å²) in [4.78, 5) is 31.6. The molecule has 4 aromatic rings. The van der Waals surface area contributed by atoms with Crippen molar-refractivity contribution < 1.29 is 32.3 Å². The van der Waals surface area contributed by atoms with Crippen LogP contribution in [0.15, 0.2) is 65.6 Å². The summed E-state index contributed by atoms with van der Waals surface area (Å²) < 4.78 is 49.2. The lowest BCUT2D eigenvalue weighted by Gasteiger charge is -2.41. The molecule has 1 aromatic heterocycles.